The highest BCUT2D eigenvalue weighted by atomic mass is 19.4. The molecule has 1 unspecified atom stereocenters. The standard InChI is InChI=1S/C10H19F3N2O2/c1-14(2)5-4-6-15(3)7-8(9(16)17)10(11,12)13/h8H,4-7H2,1-3H3,(H,16,17). The first kappa shape index (κ1) is 16.2. The fourth-order valence-electron chi connectivity index (χ4n) is 1.38. The van der Waals surface area contributed by atoms with Crippen LogP contribution in [0.25, 0.3) is 0 Å². The van der Waals surface area contributed by atoms with Gasteiger partial charge in [0.25, 0.3) is 0 Å². The Bertz CT molecular complexity index is 244. The summed E-state index contributed by atoms with van der Waals surface area (Å²) in [5, 5.41) is 8.52. The van der Waals surface area contributed by atoms with Gasteiger partial charge in [-0.05, 0) is 40.7 Å². The van der Waals surface area contributed by atoms with Crippen molar-refractivity contribution >= 4 is 5.97 Å². The molecule has 1 N–H and O–H groups in total. The summed E-state index contributed by atoms with van der Waals surface area (Å²) < 4.78 is 37.1. The van der Waals surface area contributed by atoms with E-state index in [1.165, 1.54) is 11.9 Å². The number of carboxylic acid groups (broad SMARTS) is 1. The fourth-order valence-corrected chi connectivity index (χ4v) is 1.38. The van der Waals surface area contributed by atoms with Crippen molar-refractivity contribution in [3.05, 3.63) is 0 Å². The van der Waals surface area contributed by atoms with E-state index in [0.717, 1.165) is 6.54 Å². The van der Waals surface area contributed by atoms with Crippen LogP contribution in [0.1, 0.15) is 6.42 Å². The van der Waals surface area contributed by atoms with E-state index < -0.39 is 24.6 Å². The molecule has 0 saturated heterocycles. The van der Waals surface area contributed by atoms with Crippen LogP contribution < -0.4 is 0 Å². The van der Waals surface area contributed by atoms with Gasteiger partial charge >= 0.3 is 12.1 Å². The van der Waals surface area contributed by atoms with Crippen molar-refractivity contribution in [1.82, 2.24) is 9.80 Å². The largest absolute Gasteiger partial charge is 0.481 e. The van der Waals surface area contributed by atoms with Gasteiger partial charge in [-0.25, -0.2) is 0 Å². The van der Waals surface area contributed by atoms with Crippen molar-refractivity contribution in [3.63, 3.8) is 0 Å². The van der Waals surface area contributed by atoms with Crippen molar-refractivity contribution in [2.24, 2.45) is 5.92 Å². The second-order valence-electron chi connectivity index (χ2n) is 4.35. The quantitative estimate of drug-likeness (QED) is 0.741. The van der Waals surface area contributed by atoms with E-state index in [0.29, 0.717) is 13.0 Å². The number of alkyl halides is 3. The number of aliphatic carboxylic acids is 1. The van der Waals surface area contributed by atoms with Crippen LogP contribution in [0.3, 0.4) is 0 Å². The van der Waals surface area contributed by atoms with E-state index in [9.17, 15) is 18.0 Å². The number of hydrogen-bond acceptors (Lipinski definition) is 3. The van der Waals surface area contributed by atoms with E-state index >= 15 is 0 Å². The molecule has 0 aliphatic heterocycles. The Labute approximate surface area is 99.0 Å². The fraction of sp³-hybridized carbons (Fsp3) is 0.900. The summed E-state index contributed by atoms with van der Waals surface area (Å²) in [6.07, 6.45) is -3.99. The topological polar surface area (TPSA) is 43.8 Å². The van der Waals surface area contributed by atoms with Crippen LogP contribution in [0, 0.1) is 5.92 Å². The van der Waals surface area contributed by atoms with Gasteiger partial charge in [-0.2, -0.15) is 13.2 Å². The zero-order valence-corrected chi connectivity index (χ0v) is 10.3. The molecule has 0 heterocycles. The first-order chi connectivity index (χ1) is 7.64. The molecule has 0 rings (SSSR count). The zero-order valence-electron chi connectivity index (χ0n) is 10.3. The Kier molecular flexibility index (Phi) is 6.48. The van der Waals surface area contributed by atoms with E-state index in [-0.39, 0.29) is 0 Å². The summed E-state index contributed by atoms with van der Waals surface area (Å²) in [6, 6.07) is 0. The molecule has 0 aromatic rings. The number of nitrogens with zero attached hydrogens (tertiary/aromatic N) is 2. The van der Waals surface area contributed by atoms with Gasteiger partial charge in [0.2, 0.25) is 0 Å². The molecule has 0 aliphatic carbocycles. The third-order valence-corrected chi connectivity index (χ3v) is 2.33. The van der Waals surface area contributed by atoms with Crippen LogP contribution >= 0.6 is 0 Å². The van der Waals surface area contributed by atoms with Gasteiger partial charge in [0.1, 0.15) is 0 Å². The number of hydrogen-bond donors (Lipinski definition) is 1. The molecule has 0 aromatic carbocycles. The molecule has 0 spiro atoms. The molecule has 0 amide bonds. The minimum Gasteiger partial charge on any atom is -0.481 e. The Morgan fingerprint density at radius 1 is 1.24 bits per heavy atom. The summed E-state index contributed by atoms with van der Waals surface area (Å²) in [4.78, 5) is 13.8. The maximum atomic E-state index is 12.4. The molecule has 1 atom stereocenters. The molecular weight excluding hydrogens is 237 g/mol. The average molecular weight is 256 g/mol. The molecule has 0 aromatic heterocycles. The van der Waals surface area contributed by atoms with Crippen LogP contribution in [0.5, 0.6) is 0 Å². The molecule has 17 heavy (non-hydrogen) atoms. The number of halogens is 3. The van der Waals surface area contributed by atoms with Crippen molar-refractivity contribution in [2.45, 2.75) is 12.6 Å². The maximum Gasteiger partial charge on any atom is 0.403 e. The first-order valence-corrected chi connectivity index (χ1v) is 5.27. The predicted molar refractivity (Wildman–Crippen MR) is 57.8 cm³/mol. The van der Waals surface area contributed by atoms with Crippen LogP contribution in [0.15, 0.2) is 0 Å². The third-order valence-electron chi connectivity index (χ3n) is 2.33. The number of carbonyl (C=O) groups is 1. The van der Waals surface area contributed by atoms with Gasteiger partial charge in [-0.1, -0.05) is 0 Å². The van der Waals surface area contributed by atoms with Gasteiger partial charge < -0.3 is 14.9 Å². The van der Waals surface area contributed by atoms with Gasteiger partial charge in [0.05, 0.1) is 0 Å². The zero-order chi connectivity index (χ0) is 13.6. The minimum atomic E-state index is -4.69. The van der Waals surface area contributed by atoms with Crippen molar-refractivity contribution < 1.29 is 23.1 Å². The smallest absolute Gasteiger partial charge is 0.403 e. The lowest BCUT2D eigenvalue weighted by molar-refractivity contribution is -0.196. The van der Waals surface area contributed by atoms with Gasteiger partial charge in [-0.15, -0.1) is 0 Å². The summed E-state index contributed by atoms with van der Waals surface area (Å²) >= 11 is 0. The van der Waals surface area contributed by atoms with Crippen LogP contribution in [-0.4, -0.2) is 67.8 Å². The Hall–Kier alpha value is -0.820. The molecule has 102 valence electrons. The van der Waals surface area contributed by atoms with Crippen molar-refractivity contribution in [3.8, 4) is 0 Å². The summed E-state index contributed by atoms with van der Waals surface area (Å²) in [5.41, 5.74) is 0. The lowest BCUT2D eigenvalue weighted by Gasteiger charge is -2.23. The Morgan fingerprint density at radius 3 is 2.12 bits per heavy atom. The normalized spacial score (nSPS) is 14.4. The van der Waals surface area contributed by atoms with E-state index in [1.807, 2.05) is 19.0 Å². The SMILES string of the molecule is CN(C)CCCN(C)CC(C(=O)O)C(F)(F)F. The third kappa shape index (κ3) is 7.17. The highest BCUT2D eigenvalue weighted by Gasteiger charge is 2.45. The van der Waals surface area contributed by atoms with Gasteiger partial charge in [-0.3, -0.25) is 4.79 Å². The molecular formula is C10H19F3N2O2. The van der Waals surface area contributed by atoms with Crippen LogP contribution in [0.4, 0.5) is 13.2 Å². The molecule has 0 aliphatic rings. The molecule has 4 nitrogen and oxygen atoms in total. The molecule has 7 heteroatoms. The van der Waals surface area contributed by atoms with E-state index in [2.05, 4.69) is 0 Å². The van der Waals surface area contributed by atoms with Gasteiger partial charge in [0, 0.05) is 6.54 Å². The highest BCUT2D eigenvalue weighted by molar-refractivity contribution is 5.71. The van der Waals surface area contributed by atoms with Crippen molar-refractivity contribution in [2.75, 3.05) is 40.8 Å². The van der Waals surface area contributed by atoms with Crippen molar-refractivity contribution in [1.29, 1.82) is 0 Å². The highest BCUT2D eigenvalue weighted by Crippen LogP contribution is 2.26. The van der Waals surface area contributed by atoms with E-state index in [1.54, 1.807) is 0 Å². The van der Waals surface area contributed by atoms with Crippen LogP contribution in [0.2, 0.25) is 0 Å². The minimum absolute atomic E-state index is 0.442. The lowest BCUT2D eigenvalue weighted by Crippen LogP contribution is -2.40. The maximum absolute atomic E-state index is 12.4. The first-order valence-electron chi connectivity index (χ1n) is 5.27. The number of carboxylic acids is 1. The second-order valence-corrected chi connectivity index (χ2v) is 4.35. The van der Waals surface area contributed by atoms with E-state index in [4.69, 9.17) is 5.11 Å². The molecule has 0 bridgehead atoms. The second kappa shape index (κ2) is 6.80. The van der Waals surface area contributed by atoms with Gasteiger partial charge in [0.15, 0.2) is 5.92 Å². The summed E-state index contributed by atoms with van der Waals surface area (Å²) in [5.74, 6) is -4.14. The molecule has 0 saturated carbocycles. The molecule has 0 radical (unpaired) electrons. The van der Waals surface area contributed by atoms with Crippen LogP contribution in [-0.2, 0) is 4.79 Å². The summed E-state index contributed by atoms with van der Waals surface area (Å²) in [6.45, 7) is 0.693. The average Bonchev–Trinajstić information content (AvgIpc) is 2.11. The lowest BCUT2D eigenvalue weighted by atomic mass is 10.1. The Balaban J connectivity index is 4.14. The number of rotatable bonds is 7. The molecule has 0 fully saturated rings. The summed E-state index contributed by atoms with van der Waals surface area (Å²) in [7, 11) is 5.24. The monoisotopic (exact) mass is 256 g/mol. The Morgan fingerprint density at radius 2 is 1.76 bits per heavy atom. The predicted octanol–water partition coefficient (Wildman–Crippen LogP) is 1.13.